The molecule has 75 heavy (non-hydrogen) atoms. The van der Waals surface area contributed by atoms with Crippen molar-refractivity contribution < 1.29 is 4.21 Å². The third-order valence-corrected chi connectivity index (χ3v) is 17.2. The molecule has 0 spiro atoms. The first-order valence-corrected chi connectivity index (χ1v) is 26.7. The molecular weight excluding hydrogens is 979 g/mol. The molecule has 0 fully saturated rings. The zero-order valence-electron chi connectivity index (χ0n) is 39.5. The van der Waals surface area contributed by atoms with Crippen molar-refractivity contribution >= 4 is 99.7 Å². The monoisotopic (exact) mass is 1010 g/mol. The predicted octanol–water partition coefficient (Wildman–Crippen LogP) is 15.9. The maximum atomic E-state index is 14.0. The van der Waals surface area contributed by atoms with Crippen LogP contribution in [-0.4, -0.2) is 17.9 Å². The summed E-state index contributed by atoms with van der Waals surface area (Å²) in [4.78, 5) is 5.12. The van der Waals surface area contributed by atoms with E-state index in [4.69, 9.17) is 0 Å². The van der Waals surface area contributed by atoms with Crippen molar-refractivity contribution in [2.75, 3.05) is 0 Å². The van der Waals surface area contributed by atoms with Crippen LogP contribution in [-0.2, 0) is 10.8 Å². The summed E-state index contributed by atoms with van der Waals surface area (Å²) < 4.78 is 21.2. The SMILES string of the molecule is N#Cc1ccc(Sc2ccc(-n3c4ccccc4c4c3c3c5ccccc5n(-c5ccc(S(=O)c6ccc(C#N)cc6)cc5)c3c3c5ccccc5n(-c5ccc(Sc6ccc(C#N)cc6C#N)cc5)c43)cc2)cc1. The van der Waals surface area contributed by atoms with Crippen LogP contribution in [0.4, 0.5) is 0 Å². The first kappa shape index (κ1) is 45.3. The molecule has 8 nitrogen and oxygen atoms in total. The van der Waals surface area contributed by atoms with Crippen molar-refractivity contribution in [3.8, 4) is 41.3 Å². The lowest BCUT2D eigenvalue weighted by molar-refractivity contribution is 0.683. The number of nitrogens with zero attached hydrogens (tertiary/aromatic N) is 7. The lowest BCUT2D eigenvalue weighted by atomic mass is 10.0. The van der Waals surface area contributed by atoms with Gasteiger partial charge in [0.2, 0.25) is 0 Å². The fourth-order valence-corrected chi connectivity index (χ4v) is 13.2. The molecule has 0 bridgehead atoms. The van der Waals surface area contributed by atoms with E-state index in [1.807, 2.05) is 42.5 Å². The summed E-state index contributed by atoms with van der Waals surface area (Å²) in [7, 11) is -1.47. The van der Waals surface area contributed by atoms with Crippen LogP contribution >= 0.6 is 23.5 Å². The Morgan fingerprint density at radius 3 is 1.12 bits per heavy atom. The van der Waals surface area contributed by atoms with Crippen LogP contribution in [0.25, 0.3) is 82.5 Å². The van der Waals surface area contributed by atoms with Gasteiger partial charge < -0.3 is 13.7 Å². The molecule has 0 radical (unpaired) electrons. The van der Waals surface area contributed by atoms with Crippen LogP contribution in [0.3, 0.4) is 0 Å². The molecule has 1 unspecified atom stereocenters. The van der Waals surface area contributed by atoms with Gasteiger partial charge in [-0.15, -0.1) is 0 Å². The van der Waals surface area contributed by atoms with Gasteiger partial charge in [-0.05, 0) is 158 Å². The highest BCUT2D eigenvalue weighted by atomic mass is 32.2. The van der Waals surface area contributed by atoms with Gasteiger partial charge in [-0.1, -0.05) is 78.1 Å². The van der Waals surface area contributed by atoms with Gasteiger partial charge in [-0.2, -0.15) is 21.0 Å². The molecule has 0 saturated heterocycles. The standard InChI is InChI=1S/C64H35N7OS3/c65-36-40-13-24-47(25-14-40)73-48-26-18-44(19-27-48)69-55-10-4-1-7-52(55)59-62(69)61-54-9-3-6-12-57(54)71(46-22-32-51(33-23-46)75(72)50-30-15-41(37-66)16-31-50)64(61)60-53-8-2-5-11-56(53)70(63(59)60)45-20-28-49(29-21-45)74-58-34-17-42(38-67)35-43(58)39-68/h1-35H. The molecule has 0 aliphatic heterocycles. The van der Waals surface area contributed by atoms with Gasteiger partial charge in [-0.25, -0.2) is 4.21 Å². The molecule has 0 amide bonds. The third-order valence-electron chi connectivity index (χ3n) is 13.7. The molecule has 0 N–H and O–H groups in total. The minimum absolute atomic E-state index is 0.447. The van der Waals surface area contributed by atoms with Gasteiger partial charge in [-0.3, -0.25) is 0 Å². The Hall–Kier alpha value is -9.59. The number of hydrogen-bond acceptors (Lipinski definition) is 7. The first-order chi connectivity index (χ1) is 36.9. The Morgan fingerprint density at radius 2 is 0.707 bits per heavy atom. The molecule has 0 aliphatic carbocycles. The second kappa shape index (κ2) is 18.5. The van der Waals surface area contributed by atoms with Gasteiger partial charge >= 0.3 is 0 Å². The number of hydrogen-bond donors (Lipinski definition) is 0. The average molecular weight is 1010 g/mol. The summed E-state index contributed by atoms with van der Waals surface area (Å²) >= 11 is 3.15. The van der Waals surface area contributed by atoms with Crippen molar-refractivity contribution in [2.45, 2.75) is 29.4 Å². The lowest BCUT2D eigenvalue weighted by Crippen LogP contribution is -1.99. The Labute approximate surface area is 441 Å². The maximum Gasteiger partial charge on any atom is 0.100 e. The van der Waals surface area contributed by atoms with E-state index in [0.717, 1.165) is 102 Å². The highest BCUT2D eigenvalue weighted by molar-refractivity contribution is 7.99. The van der Waals surface area contributed by atoms with Crippen LogP contribution in [0.15, 0.2) is 242 Å². The highest BCUT2D eigenvalue weighted by Crippen LogP contribution is 2.50. The normalized spacial score (nSPS) is 11.8. The number of benzene rings is 10. The smallest absolute Gasteiger partial charge is 0.100 e. The summed E-state index contributed by atoms with van der Waals surface area (Å²) in [6.45, 7) is 0. The van der Waals surface area contributed by atoms with E-state index in [9.17, 15) is 25.3 Å². The number of aromatic nitrogens is 3. The van der Waals surface area contributed by atoms with Gasteiger partial charge in [0, 0.05) is 78.8 Å². The Balaban J connectivity index is 1.09. The van der Waals surface area contributed by atoms with Crippen LogP contribution in [0.2, 0.25) is 0 Å². The van der Waals surface area contributed by atoms with Gasteiger partial charge in [0.15, 0.2) is 0 Å². The van der Waals surface area contributed by atoms with Gasteiger partial charge in [0.05, 0.1) is 84.4 Å². The second-order valence-corrected chi connectivity index (χ2v) is 21.6. The van der Waals surface area contributed by atoms with E-state index in [1.165, 1.54) is 11.8 Å². The summed E-state index contributed by atoms with van der Waals surface area (Å²) in [6, 6.07) is 79.6. The molecule has 10 aromatic carbocycles. The minimum Gasteiger partial charge on any atom is -0.308 e. The molecule has 1 atom stereocenters. The van der Waals surface area contributed by atoms with Crippen LogP contribution in [0.5, 0.6) is 0 Å². The molecule has 0 saturated carbocycles. The summed E-state index contributed by atoms with van der Waals surface area (Å²) in [5.74, 6) is 0. The average Bonchev–Trinajstić information content (AvgIpc) is 4.20. The zero-order valence-corrected chi connectivity index (χ0v) is 41.9. The van der Waals surface area contributed by atoms with Crippen molar-refractivity contribution in [3.63, 3.8) is 0 Å². The van der Waals surface area contributed by atoms with Crippen molar-refractivity contribution in [3.05, 3.63) is 235 Å². The van der Waals surface area contributed by atoms with E-state index in [-0.39, 0.29) is 0 Å². The number of nitriles is 4. The largest absolute Gasteiger partial charge is 0.308 e. The van der Waals surface area contributed by atoms with Crippen molar-refractivity contribution in [1.82, 2.24) is 13.7 Å². The van der Waals surface area contributed by atoms with E-state index in [0.29, 0.717) is 32.0 Å². The number of fused-ring (bicyclic) bond motifs is 12. The van der Waals surface area contributed by atoms with E-state index in [2.05, 4.69) is 171 Å². The zero-order chi connectivity index (χ0) is 50.7. The Kier molecular flexibility index (Phi) is 11.2. The lowest BCUT2D eigenvalue weighted by Gasteiger charge is -2.14. The van der Waals surface area contributed by atoms with Gasteiger partial charge in [0.25, 0.3) is 0 Å². The van der Waals surface area contributed by atoms with Crippen LogP contribution in [0.1, 0.15) is 22.3 Å². The van der Waals surface area contributed by atoms with E-state index in [1.54, 1.807) is 48.2 Å². The van der Waals surface area contributed by atoms with E-state index < -0.39 is 10.8 Å². The quantitative estimate of drug-likeness (QED) is 0.141. The van der Waals surface area contributed by atoms with Gasteiger partial charge in [0.1, 0.15) is 6.07 Å². The third kappa shape index (κ3) is 7.54. The van der Waals surface area contributed by atoms with E-state index >= 15 is 0 Å². The van der Waals surface area contributed by atoms with Crippen LogP contribution in [0, 0.1) is 45.3 Å². The fourth-order valence-electron chi connectivity index (χ4n) is 10.4. The molecule has 11 heteroatoms. The maximum absolute atomic E-state index is 14.0. The predicted molar refractivity (Wildman–Crippen MR) is 301 cm³/mol. The summed E-state index contributed by atoms with van der Waals surface area (Å²) in [5, 5.41) is 44.9. The second-order valence-electron chi connectivity index (χ2n) is 17.9. The molecule has 13 rings (SSSR count). The van der Waals surface area contributed by atoms with Crippen molar-refractivity contribution in [1.29, 1.82) is 21.0 Å². The Bertz CT molecular complexity index is 4680. The molecule has 350 valence electrons. The summed E-state index contributed by atoms with van der Waals surface area (Å²) in [6.07, 6.45) is 0. The molecular formula is C64H35N7OS3. The van der Waals surface area contributed by atoms with Crippen molar-refractivity contribution in [2.24, 2.45) is 0 Å². The molecule has 3 aromatic heterocycles. The molecule has 0 aliphatic rings. The molecule has 13 aromatic rings. The van der Waals surface area contributed by atoms with Crippen LogP contribution < -0.4 is 0 Å². The first-order valence-electron chi connectivity index (χ1n) is 23.9. The number of rotatable bonds is 9. The topological polar surface area (TPSA) is 127 Å². The highest BCUT2D eigenvalue weighted by Gasteiger charge is 2.29. The molecule has 3 heterocycles. The number of para-hydroxylation sites is 3. The summed E-state index contributed by atoms with van der Waals surface area (Å²) in [5.41, 5.74) is 11.2. The minimum atomic E-state index is -1.47. The Morgan fingerprint density at radius 1 is 0.360 bits per heavy atom. The fraction of sp³-hybridized carbons (Fsp3) is 0.